The minimum Gasteiger partial charge on any atom is -0.0776 e. The van der Waals surface area contributed by atoms with Gasteiger partial charge in [-0.15, -0.1) is 0 Å². The molecule has 40 heavy (non-hydrogen) atoms. The molecular formula is C40H86. The summed E-state index contributed by atoms with van der Waals surface area (Å²) >= 11 is 0. The van der Waals surface area contributed by atoms with Gasteiger partial charge in [-0.3, -0.25) is 0 Å². The van der Waals surface area contributed by atoms with Crippen LogP contribution in [-0.2, 0) is 0 Å². The van der Waals surface area contributed by atoms with Gasteiger partial charge < -0.3 is 0 Å². The molecule has 0 radical (unpaired) electrons. The van der Waals surface area contributed by atoms with Crippen molar-refractivity contribution in [3.8, 4) is 0 Å². The zero-order valence-corrected chi connectivity index (χ0v) is 29.6. The van der Waals surface area contributed by atoms with Gasteiger partial charge >= 0.3 is 0 Å². The van der Waals surface area contributed by atoms with Crippen molar-refractivity contribution < 1.29 is 0 Å². The predicted octanol–water partition coefficient (Wildman–Crippen LogP) is 15.5. The Bertz CT molecular complexity index is 585. The van der Waals surface area contributed by atoms with E-state index < -0.39 is 0 Å². The van der Waals surface area contributed by atoms with Crippen molar-refractivity contribution >= 4 is 0 Å². The van der Waals surface area contributed by atoms with Gasteiger partial charge in [0.1, 0.15) is 0 Å². The molecular weight excluding hydrogens is 480 g/mol. The van der Waals surface area contributed by atoms with E-state index in [0.717, 1.165) is 23.7 Å². The average Bonchev–Trinajstić information content (AvgIpc) is 2.85. The van der Waals surface area contributed by atoms with Crippen LogP contribution in [0.5, 0.6) is 0 Å². The first-order valence-electron chi connectivity index (χ1n) is 15.8. The zero-order chi connectivity index (χ0) is 30.5. The van der Waals surface area contributed by atoms with Gasteiger partial charge in [-0.25, -0.2) is 0 Å². The van der Waals surface area contributed by atoms with Gasteiger partial charge in [0.25, 0.3) is 0 Å². The van der Waals surface area contributed by atoms with Gasteiger partial charge in [0.15, 0.2) is 0 Å². The lowest BCUT2D eigenvalue weighted by molar-refractivity contribution is 0.283. The summed E-state index contributed by atoms with van der Waals surface area (Å²) in [5.41, 5.74) is 6.09. The van der Waals surface area contributed by atoms with Gasteiger partial charge in [-0.2, -0.15) is 0 Å². The Labute approximate surface area is 260 Å². The minimum atomic E-state index is 0. The number of rotatable bonds is 8. The van der Waals surface area contributed by atoms with Crippen molar-refractivity contribution in [2.24, 2.45) is 35.5 Å². The van der Waals surface area contributed by atoms with Crippen LogP contribution < -0.4 is 0 Å². The summed E-state index contributed by atoms with van der Waals surface area (Å²) < 4.78 is 0. The third-order valence-corrected chi connectivity index (χ3v) is 7.61. The Morgan fingerprint density at radius 2 is 0.700 bits per heavy atom. The number of benzene rings is 1. The standard InChI is InChI=1S/C12H18.C11H24.C10H20.2C2H6.3CH4/c1-9(2)11-7-5-6-8-12(11)10(3)4;1-8(2)10(5)7-11(6)9(3)4;1-7(2)9(5)10(6)8(3)4;2*1-2;;;/h5-10H,1-4H3;8-11H,7H2,1-6H3;7-8H,1-6H3;2*1-2H3;3*1H4/b;;10-9-;;;;;. The second kappa shape index (κ2) is 32.5. The molecule has 0 saturated carbocycles. The van der Waals surface area contributed by atoms with Crippen molar-refractivity contribution in [2.45, 2.75) is 179 Å². The van der Waals surface area contributed by atoms with Crippen molar-refractivity contribution in [1.82, 2.24) is 0 Å². The average molecular weight is 567 g/mol. The summed E-state index contributed by atoms with van der Waals surface area (Å²) in [5.74, 6) is 6.16. The molecule has 1 aromatic carbocycles. The van der Waals surface area contributed by atoms with Gasteiger partial charge in [-0.05, 0) is 78.7 Å². The van der Waals surface area contributed by atoms with E-state index >= 15 is 0 Å². The molecule has 0 amide bonds. The van der Waals surface area contributed by atoms with Gasteiger partial charge in [0.2, 0.25) is 0 Å². The zero-order valence-electron chi connectivity index (χ0n) is 29.6. The summed E-state index contributed by atoms with van der Waals surface area (Å²) in [6, 6.07) is 8.72. The predicted molar refractivity (Wildman–Crippen MR) is 198 cm³/mol. The molecule has 0 nitrogen and oxygen atoms in total. The lowest BCUT2D eigenvalue weighted by Crippen LogP contribution is -2.12. The second-order valence-corrected chi connectivity index (χ2v) is 12.3. The first-order valence-corrected chi connectivity index (χ1v) is 15.8. The molecule has 0 aliphatic carbocycles. The van der Waals surface area contributed by atoms with E-state index in [1.807, 2.05) is 27.7 Å². The molecule has 0 fully saturated rings. The molecule has 0 bridgehead atoms. The SMILES string of the molecule is C.C.C.C/C(=C(\C)C(C)C)C(C)C.CC.CC.CC(C)C(C)CC(C)C(C)C.CC(C)c1ccccc1C(C)C. The van der Waals surface area contributed by atoms with Gasteiger partial charge in [0, 0.05) is 0 Å². The highest BCUT2D eigenvalue weighted by molar-refractivity contribution is 5.31. The largest absolute Gasteiger partial charge is 0.0776 e. The smallest absolute Gasteiger partial charge is 0.0216 e. The monoisotopic (exact) mass is 567 g/mol. The summed E-state index contributed by atoms with van der Waals surface area (Å²) in [6.45, 7) is 44.5. The fourth-order valence-corrected chi connectivity index (χ4v) is 3.60. The lowest BCUT2D eigenvalue weighted by Gasteiger charge is -2.22. The second-order valence-electron chi connectivity index (χ2n) is 12.3. The van der Waals surface area contributed by atoms with Crippen molar-refractivity contribution in [3.63, 3.8) is 0 Å². The molecule has 0 N–H and O–H groups in total. The molecule has 0 saturated heterocycles. The van der Waals surface area contributed by atoms with Crippen molar-refractivity contribution in [2.75, 3.05) is 0 Å². The van der Waals surface area contributed by atoms with E-state index in [1.54, 1.807) is 11.1 Å². The summed E-state index contributed by atoms with van der Waals surface area (Å²) in [6.07, 6.45) is 1.38. The Balaban J connectivity index is -0.0000000743. The first-order chi connectivity index (χ1) is 17.0. The maximum absolute atomic E-state index is 2.36. The molecule has 2 unspecified atom stereocenters. The highest BCUT2D eigenvalue weighted by Gasteiger charge is 2.14. The Morgan fingerprint density at radius 1 is 0.475 bits per heavy atom. The summed E-state index contributed by atoms with van der Waals surface area (Å²) in [5, 5.41) is 0. The van der Waals surface area contributed by atoms with E-state index in [0.29, 0.717) is 23.7 Å². The van der Waals surface area contributed by atoms with Crippen LogP contribution in [0.15, 0.2) is 35.4 Å². The third kappa shape index (κ3) is 27.1. The van der Waals surface area contributed by atoms with E-state index in [9.17, 15) is 0 Å². The molecule has 246 valence electrons. The number of allylic oxidation sites excluding steroid dienone is 2. The third-order valence-electron chi connectivity index (χ3n) is 7.61. The van der Waals surface area contributed by atoms with Crippen LogP contribution in [0.4, 0.5) is 0 Å². The van der Waals surface area contributed by atoms with Crippen LogP contribution >= 0.6 is 0 Å². The summed E-state index contributed by atoms with van der Waals surface area (Å²) in [7, 11) is 0. The molecule has 2 atom stereocenters. The highest BCUT2D eigenvalue weighted by atomic mass is 14.2. The van der Waals surface area contributed by atoms with E-state index in [2.05, 4.69) is 135 Å². The molecule has 0 heteroatoms. The fourth-order valence-electron chi connectivity index (χ4n) is 3.60. The van der Waals surface area contributed by atoms with E-state index in [4.69, 9.17) is 0 Å². The number of hydrogen-bond donors (Lipinski definition) is 0. The maximum Gasteiger partial charge on any atom is -0.0216 e. The maximum atomic E-state index is 2.36. The normalized spacial score (nSPS) is 12.1. The molecule has 0 aliphatic heterocycles. The molecule has 0 heterocycles. The van der Waals surface area contributed by atoms with Crippen LogP contribution in [-0.4, -0.2) is 0 Å². The van der Waals surface area contributed by atoms with Gasteiger partial charge in [0.05, 0.1) is 0 Å². The molecule has 1 rings (SSSR count). The van der Waals surface area contributed by atoms with E-state index in [-0.39, 0.29) is 22.3 Å². The van der Waals surface area contributed by atoms with E-state index in [1.165, 1.54) is 17.5 Å². The molecule has 0 aliphatic rings. The Morgan fingerprint density at radius 3 is 0.850 bits per heavy atom. The Kier molecular flexibility index (Phi) is 44.6. The quantitative estimate of drug-likeness (QED) is 0.274. The fraction of sp³-hybridized carbons (Fsp3) is 0.800. The molecule has 1 aromatic rings. The highest BCUT2D eigenvalue weighted by Crippen LogP contribution is 2.25. The Hall–Kier alpha value is -1.04. The number of hydrogen-bond acceptors (Lipinski definition) is 0. The topological polar surface area (TPSA) is 0 Å². The molecule has 0 aromatic heterocycles. The van der Waals surface area contributed by atoms with Crippen molar-refractivity contribution in [3.05, 3.63) is 46.5 Å². The minimum absolute atomic E-state index is 0. The lowest BCUT2D eigenvalue weighted by atomic mass is 9.84. The van der Waals surface area contributed by atoms with Crippen LogP contribution in [0.2, 0.25) is 0 Å². The van der Waals surface area contributed by atoms with Gasteiger partial charge in [-0.1, -0.05) is 182 Å². The van der Waals surface area contributed by atoms with Crippen LogP contribution in [0.1, 0.15) is 190 Å². The van der Waals surface area contributed by atoms with Crippen LogP contribution in [0.25, 0.3) is 0 Å². The van der Waals surface area contributed by atoms with Crippen molar-refractivity contribution in [1.29, 1.82) is 0 Å². The summed E-state index contributed by atoms with van der Waals surface area (Å²) in [4.78, 5) is 0. The first kappa shape index (κ1) is 55.0. The van der Waals surface area contributed by atoms with Crippen LogP contribution in [0, 0.1) is 35.5 Å². The molecule has 0 spiro atoms. The van der Waals surface area contributed by atoms with Crippen LogP contribution in [0.3, 0.4) is 0 Å².